The van der Waals surface area contributed by atoms with Crippen LogP contribution >= 0.6 is 0 Å². The van der Waals surface area contributed by atoms with Crippen molar-refractivity contribution in [3.63, 3.8) is 0 Å². The van der Waals surface area contributed by atoms with Crippen LogP contribution in [0.1, 0.15) is 0 Å². The molecule has 4 rings (SSSR count). The molecule has 0 saturated heterocycles. The summed E-state index contributed by atoms with van der Waals surface area (Å²) >= 11 is 0. The van der Waals surface area contributed by atoms with Gasteiger partial charge < -0.3 is 43.2 Å². The molecule has 0 saturated carbocycles. The van der Waals surface area contributed by atoms with E-state index in [2.05, 4.69) is 45.7 Å². The number of hydrogen-bond donors (Lipinski definition) is 5. The van der Waals surface area contributed by atoms with Gasteiger partial charge in [-0.1, -0.05) is 34.4 Å². The molecule has 295 valence electrons. The Balaban J connectivity index is -0.00000179. The predicted molar refractivity (Wildman–Crippen MR) is 183 cm³/mol. The molecule has 4 aromatic rings. The van der Waals surface area contributed by atoms with Crippen LogP contribution in [0.4, 0.5) is 28.4 Å². The topological polar surface area (TPSA) is 334 Å². The van der Waals surface area contributed by atoms with Crippen molar-refractivity contribution in [3.05, 3.63) is 74.5 Å². The van der Waals surface area contributed by atoms with Crippen LogP contribution in [-0.2, 0) is 57.5 Å². The van der Waals surface area contributed by atoms with Crippen LogP contribution < -0.4 is 98.7 Å². The van der Waals surface area contributed by atoms with E-state index in [4.69, 9.17) is 39.8 Å². The van der Waals surface area contributed by atoms with Crippen LogP contribution in [0.15, 0.2) is 84.8 Å². The van der Waals surface area contributed by atoms with Crippen LogP contribution in [0.5, 0.6) is 17.2 Å². The maximum Gasteiger partial charge on any atom is 1.00 e. The van der Waals surface area contributed by atoms with Crippen molar-refractivity contribution < 1.29 is 173 Å². The molecule has 0 spiro atoms. The van der Waals surface area contributed by atoms with Gasteiger partial charge in [0.2, 0.25) is 20.8 Å². The fraction of sp³-hybridized carbons (Fsp3) is 0.143. The summed E-state index contributed by atoms with van der Waals surface area (Å²) in [7, 11) is -14.2. The first kappa shape index (κ1) is 59.0. The molecule has 0 fully saturated rings. The van der Waals surface area contributed by atoms with Gasteiger partial charge in [0.1, 0.15) is 22.1 Å². The number of phenolic OH excluding ortho intramolecular Hbond substituents is 2. The van der Waals surface area contributed by atoms with E-state index < -0.39 is 52.0 Å². The summed E-state index contributed by atoms with van der Waals surface area (Å²) in [5.74, 6) is -1.55. The fourth-order valence-electron chi connectivity index (χ4n) is 3.88. The number of aromatic hydroxyl groups is 2. The number of azo groups is 2. The standard InChI is InChI=1S/C28H26N5O7S2.Cu.3Na.2H2O4S/c1-5-41(36,37)18-9-7-8-17(14-18)30-33-27-19-10-13-22(28(35)20(19)11-12-21(27)29-3)31-32-23-15-25(40-4)26(16-24(23)34)42(38,39)6-2;;;;;2*1-5(2,3)4/h7-12,14-16,29,34-35H,1-2,5-6H2,3-4H3;;;;;2*(H2,1,2,3,4)/q-3;;3*+1;;/p-2. The number of sulfone groups is 2. The third kappa shape index (κ3) is 18.7. The molecule has 0 amide bonds. The summed E-state index contributed by atoms with van der Waals surface area (Å²) in [6, 6.07) is 15.8. The number of rotatable bonds is 10. The quantitative estimate of drug-likeness (QED) is 0.0327. The molecule has 0 bridgehead atoms. The van der Waals surface area contributed by atoms with Crippen LogP contribution in [0.25, 0.3) is 10.8 Å². The number of phenols is 2. The third-order valence-corrected chi connectivity index (χ3v) is 9.19. The molecule has 0 aliphatic carbocycles. The zero-order valence-corrected chi connectivity index (χ0v) is 40.2. The van der Waals surface area contributed by atoms with Crippen LogP contribution in [-0.4, -0.2) is 87.8 Å². The minimum Gasteiger partial charge on any atom is -0.726 e. The number of methoxy groups -OCH3 is 1. The maximum absolute atomic E-state index is 12.3. The Morgan fingerprint density at radius 3 is 1.84 bits per heavy atom. The predicted octanol–water partition coefficient (Wildman–Crippen LogP) is -4.83. The largest absolute Gasteiger partial charge is 1.00 e. The van der Waals surface area contributed by atoms with Gasteiger partial charge in [0.25, 0.3) is 0 Å². The van der Waals surface area contributed by atoms with Crippen molar-refractivity contribution in [2.75, 3.05) is 31.0 Å². The Bertz CT molecular complexity index is 2410. The van der Waals surface area contributed by atoms with Crippen LogP contribution in [0, 0.1) is 19.9 Å². The zero-order valence-electron chi connectivity index (χ0n) is 30.0. The molecule has 56 heavy (non-hydrogen) atoms. The first-order valence-corrected chi connectivity index (χ1v) is 19.6. The summed E-state index contributed by atoms with van der Waals surface area (Å²) in [6.07, 6.45) is 0. The molecule has 0 unspecified atom stereocenters. The van der Waals surface area contributed by atoms with Gasteiger partial charge in [-0.15, -0.1) is 5.11 Å². The van der Waals surface area contributed by atoms with E-state index in [9.17, 15) is 27.0 Å². The summed E-state index contributed by atoms with van der Waals surface area (Å²) in [4.78, 5) is -0.168. The van der Waals surface area contributed by atoms with Crippen molar-refractivity contribution >= 4 is 79.7 Å². The van der Waals surface area contributed by atoms with Gasteiger partial charge in [-0.2, -0.15) is 27.5 Å². The van der Waals surface area contributed by atoms with Gasteiger partial charge in [-0.3, -0.25) is 9.11 Å². The SMILES string of the molecule is O=S(=O)([O-])O.O=S(=O)([O-])O.[CH2-]CS(=O)(=O)c1cccc(N=Nc2c(NC)ccc3c(O)c(N=Nc4cc(OC)c(S(=O)(=O)C[CH2-])cc4O)[c-]cc23)c1.[Cu].[Na+].[Na+].[Na+]. The molecule has 0 atom stereocenters. The molecule has 5 N–H and O–H groups in total. The number of fused-ring (bicyclic) bond motifs is 1. The van der Waals surface area contributed by atoms with E-state index in [0.717, 1.165) is 6.07 Å². The number of hydrogen-bond acceptors (Lipinski definition) is 18. The molecular weight excluding hydrogens is 907 g/mol. The Labute approximate surface area is 400 Å². The minimum absolute atomic E-state index is 0. The second-order valence-corrected chi connectivity index (χ2v) is 15.4. The molecule has 1 radical (unpaired) electrons. The molecule has 28 heteroatoms. The van der Waals surface area contributed by atoms with Crippen molar-refractivity contribution in [3.8, 4) is 17.2 Å². The average molecular weight is 935 g/mol. The van der Waals surface area contributed by atoms with Crippen molar-refractivity contribution in [2.45, 2.75) is 9.79 Å². The Kier molecular flexibility index (Phi) is 26.7. The van der Waals surface area contributed by atoms with Gasteiger partial charge >= 0.3 is 88.7 Å². The third-order valence-electron chi connectivity index (χ3n) is 6.15. The summed E-state index contributed by atoms with van der Waals surface area (Å²) in [5, 5.41) is 41.6. The Morgan fingerprint density at radius 1 is 0.786 bits per heavy atom. The smallest absolute Gasteiger partial charge is 0.726 e. The first-order chi connectivity index (χ1) is 23.9. The van der Waals surface area contributed by atoms with E-state index in [1.165, 1.54) is 31.4 Å². The monoisotopic (exact) mass is 934 g/mol. The molecule has 4 aromatic carbocycles. The minimum atomic E-state index is -4.92. The van der Waals surface area contributed by atoms with Crippen molar-refractivity contribution in [1.82, 2.24) is 0 Å². The summed E-state index contributed by atoms with van der Waals surface area (Å²) in [6.45, 7) is 6.84. The molecule has 0 aliphatic heterocycles. The van der Waals surface area contributed by atoms with Gasteiger partial charge in [-0.05, 0) is 24.3 Å². The average Bonchev–Trinajstić information content (AvgIpc) is 3.05. The van der Waals surface area contributed by atoms with E-state index >= 15 is 0 Å². The number of ether oxygens (including phenoxy) is 1. The van der Waals surface area contributed by atoms with Crippen molar-refractivity contribution in [1.29, 1.82) is 0 Å². The number of nitrogens with one attached hydrogen (secondary N) is 1. The summed E-state index contributed by atoms with van der Waals surface area (Å²) < 4.78 is 120. The molecular formula is C28H28CuN5Na3O15S4-2. The fourth-order valence-corrected chi connectivity index (χ4v) is 5.66. The maximum atomic E-state index is 12.3. The van der Waals surface area contributed by atoms with Crippen molar-refractivity contribution in [2.24, 2.45) is 20.5 Å². The Morgan fingerprint density at radius 2 is 1.34 bits per heavy atom. The Hall–Kier alpha value is -1.30. The molecule has 0 aromatic heterocycles. The van der Waals surface area contributed by atoms with E-state index in [1.807, 2.05) is 0 Å². The number of anilines is 1. The molecule has 0 aliphatic rings. The normalized spacial score (nSPS) is 11.4. The number of nitrogens with zero attached hydrogens (tertiary/aromatic N) is 4. The van der Waals surface area contributed by atoms with Gasteiger partial charge in [-0.25, -0.2) is 33.7 Å². The zero-order chi connectivity index (χ0) is 39.7. The van der Waals surface area contributed by atoms with Crippen LogP contribution in [0.3, 0.4) is 0 Å². The van der Waals surface area contributed by atoms with Gasteiger partial charge in [0, 0.05) is 53.4 Å². The molecule has 0 heterocycles. The van der Waals surface area contributed by atoms with Gasteiger partial charge in [0.15, 0.2) is 19.7 Å². The van der Waals surface area contributed by atoms with E-state index in [1.54, 1.807) is 31.3 Å². The second kappa shape index (κ2) is 25.4. The van der Waals surface area contributed by atoms with Crippen LogP contribution in [0.2, 0.25) is 0 Å². The molecule has 20 nitrogen and oxygen atoms in total. The first-order valence-electron chi connectivity index (χ1n) is 13.6. The second-order valence-electron chi connectivity index (χ2n) is 9.54. The van der Waals surface area contributed by atoms with E-state index in [0.29, 0.717) is 27.8 Å². The summed E-state index contributed by atoms with van der Waals surface area (Å²) in [5.41, 5.74) is 1.04. The number of benzene rings is 4. The van der Waals surface area contributed by atoms with Gasteiger partial charge in [0.05, 0.1) is 23.4 Å². The van der Waals surface area contributed by atoms with E-state index in [-0.39, 0.29) is 144 Å².